The first kappa shape index (κ1) is 20.3. The second-order valence-electron chi connectivity index (χ2n) is 6.52. The van der Waals surface area contributed by atoms with Crippen LogP contribution in [0.2, 0.25) is 5.02 Å². The molecule has 0 saturated heterocycles. The fraction of sp³-hybridized carbons (Fsp3) is 0.0870. The van der Waals surface area contributed by atoms with Crippen LogP contribution in [0.15, 0.2) is 67.0 Å². The van der Waals surface area contributed by atoms with Gasteiger partial charge in [-0.2, -0.15) is 0 Å². The third-order valence-corrected chi connectivity index (χ3v) is 4.64. The van der Waals surface area contributed by atoms with E-state index in [0.29, 0.717) is 22.0 Å². The van der Waals surface area contributed by atoms with E-state index in [1.54, 1.807) is 48.8 Å². The summed E-state index contributed by atoms with van der Waals surface area (Å²) in [5.41, 5.74) is 4.09. The monoisotopic (exact) mass is 405 g/mol. The van der Waals surface area contributed by atoms with Gasteiger partial charge in [0.1, 0.15) is 0 Å². The van der Waals surface area contributed by atoms with E-state index in [0.717, 1.165) is 16.7 Å². The largest absolute Gasteiger partial charge is 0.322 e. The molecule has 0 spiro atoms. The van der Waals surface area contributed by atoms with Crippen LogP contribution in [-0.4, -0.2) is 16.8 Å². The minimum atomic E-state index is -0.303. The van der Waals surface area contributed by atoms with Gasteiger partial charge in [-0.25, -0.2) is 0 Å². The minimum Gasteiger partial charge on any atom is -0.322 e. The predicted molar refractivity (Wildman–Crippen MR) is 117 cm³/mol. The van der Waals surface area contributed by atoms with Gasteiger partial charge < -0.3 is 10.6 Å². The first-order chi connectivity index (χ1) is 13.9. The summed E-state index contributed by atoms with van der Waals surface area (Å²) in [5, 5.41) is 6.12. The third kappa shape index (κ3) is 5.30. The molecule has 3 aromatic rings. The lowest BCUT2D eigenvalue weighted by Gasteiger charge is -2.12. The number of carbonyl (C=O) groups is 2. The maximum atomic E-state index is 12.7. The number of rotatable bonds is 5. The van der Waals surface area contributed by atoms with E-state index in [-0.39, 0.29) is 11.8 Å². The number of aryl methyl sites for hydroxylation is 2. The average Bonchev–Trinajstić information content (AvgIpc) is 2.71. The highest BCUT2D eigenvalue weighted by Crippen LogP contribution is 2.26. The maximum Gasteiger partial charge on any atom is 0.255 e. The van der Waals surface area contributed by atoms with E-state index in [1.165, 1.54) is 6.08 Å². The van der Waals surface area contributed by atoms with Crippen molar-refractivity contribution in [3.63, 3.8) is 0 Å². The van der Waals surface area contributed by atoms with E-state index >= 15 is 0 Å². The van der Waals surface area contributed by atoms with Gasteiger partial charge in [-0.15, -0.1) is 0 Å². The summed E-state index contributed by atoms with van der Waals surface area (Å²) in [4.78, 5) is 28.9. The molecule has 5 nitrogen and oxygen atoms in total. The van der Waals surface area contributed by atoms with Gasteiger partial charge in [-0.05, 0) is 60.9 Å². The Morgan fingerprint density at radius 3 is 2.55 bits per heavy atom. The highest BCUT2D eigenvalue weighted by Gasteiger charge is 2.12. The Balaban J connectivity index is 1.74. The van der Waals surface area contributed by atoms with Crippen molar-refractivity contribution in [2.24, 2.45) is 0 Å². The lowest BCUT2D eigenvalue weighted by atomic mass is 10.1. The second kappa shape index (κ2) is 9.17. The molecule has 2 N–H and O–H groups in total. The van der Waals surface area contributed by atoms with E-state index in [4.69, 9.17) is 11.6 Å². The minimum absolute atomic E-state index is 0.295. The summed E-state index contributed by atoms with van der Waals surface area (Å²) in [6.07, 6.45) is 6.43. The smallest absolute Gasteiger partial charge is 0.255 e. The average molecular weight is 406 g/mol. The van der Waals surface area contributed by atoms with Crippen molar-refractivity contribution in [2.75, 3.05) is 10.6 Å². The summed E-state index contributed by atoms with van der Waals surface area (Å²) in [6, 6.07) is 14.2. The summed E-state index contributed by atoms with van der Waals surface area (Å²) >= 11 is 6.19. The number of para-hydroxylation sites is 1. The molecule has 6 heteroatoms. The molecule has 1 aromatic heterocycles. The van der Waals surface area contributed by atoms with Crippen LogP contribution in [0.1, 0.15) is 27.0 Å². The summed E-state index contributed by atoms with van der Waals surface area (Å²) in [5.74, 6) is -0.598. The Bertz CT molecular complexity index is 1060. The van der Waals surface area contributed by atoms with E-state index in [1.807, 2.05) is 32.0 Å². The molecule has 0 fully saturated rings. The lowest BCUT2D eigenvalue weighted by molar-refractivity contribution is -0.111. The number of hydrogen-bond acceptors (Lipinski definition) is 3. The first-order valence-electron chi connectivity index (χ1n) is 9.00. The van der Waals surface area contributed by atoms with Crippen molar-refractivity contribution in [3.05, 3.63) is 94.3 Å². The zero-order valence-electron chi connectivity index (χ0n) is 16.1. The molecule has 0 unspecified atom stereocenters. The van der Waals surface area contributed by atoms with Crippen LogP contribution >= 0.6 is 11.6 Å². The van der Waals surface area contributed by atoms with Crippen molar-refractivity contribution in [1.82, 2.24) is 4.98 Å². The molecule has 1 heterocycles. The Morgan fingerprint density at radius 2 is 1.83 bits per heavy atom. The number of halogens is 1. The fourth-order valence-corrected chi connectivity index (χ4v) is 2.96. The Labute approximate surface area is 174 Å². The first-order valence-corrected chi connectivity index (χ1v) is 9.38. The van der Waals surface area contributed by atoms with Gasteiger partial charge in [-0.3, -0.25) is 14.6 Å². The van der Waals surface area contributed by atoms with E-state index < -0.39 is 0 Å². The standard InChI is InChI=1S/C23H20ClN3O2/c1-15-8-10-18(23(29)27-22-16(2)5-3-7-19(22)24)13-20(15)26-21(28)11-9-17-6-4-12-25-14-17/h3-14H,1-2H3,(H,26,28)(H,27,29). The molecule has 0 saturated carbocycles. The molecule has 3 rings (SSSR count). The van der Waals surface area contributed by atoms with Gasteiger partial charge in [0, 0.05) is 29.7 Å². The molecule has 0 aliphatic rings. The van der Waals surface area contributed by atoms with Crippen LogP contribution in [0.4, 0.5) is 11.4 Å². The van der Waals surface area contributed by atoms with E-state index in [2.05, 4.69) is 15.6 Å². The van der Waals surface area contributed by atoms with Gasteiger partial charge in [-0.1, -0.05) is 35.9 Å². The third-order valence-electron chi connectivity index (χ3n) is 4.33. The van der Waals surface area contributed by atoms with Gasteiger partial charge >= 0.3 is 0 Å². The van der Waals surface area contributed by atoms with Crippen molar-refractivity contribution in [1.29, 1.82) is 0 Å². The highest BCUT2D eigenvalue weighted by molar-refractivity contribution is 6.34. The molecule has 0 bridgehead atoms. The quantitative estimate of drug-likeness (QED) is 0.569. The number of pyridine rings is 1. The Kier molecular flexibility index (Phi) is 6.42. The number of nitrogens with one attached hydrogen (secondary N) is 2. The van der Waals surface area contributed by atoms with Crippen LogP contribution in [0, 0.1) is 13.8 Å². The number of hydrogen-bond donors (Lipinski definition) is 2. The zero-order valence-corrected chi connectivity index (χ0v) is 16.8. The van der Waals surface area contributed by atoms with Crippen LogP contribution in [0.3, 0.4) is 0 Å². The second-order valence-corrected chi connectivity index (χ2v) is 6.93. The van der Waals surface area contributed by atoms with Crippen LogP contribution in [0.25, 0.3) is 6.08 Å². The number of anilines is 2. The Morgan fingerprint density at radius 1 is 1.00 bits per heavy atom. The normalized spacial score (nSPS) is 10.7. The summed E-state index contributed by atoms with van der Waals surface area (Å²) < 4.78 is 0. The van der Waals surface area contributed by atoms with Gasteiger partial charge in [0.05, 0.1) is 10.7 Å². The number of carbonyl (C=O) groups excluding carboxylic acids is 2. The molecular weight excluding hydrogens is 386 g/mol. The van der Waals surface area contributed by atoms with Gasteiger partial charge in [0.15, 0.2) is 0 Å². The molecule has 0 radical (unpaired) electrons. The van der Waals surface area contributed by atoms with Crippen molar-refractivity contribution >= 4 is 40.9 Å². The predicted octanol–water partition coefficient (Wildman–Crippen LogP) is 5.26. The fourth-order valence-electron chi connectivity index (χ4n) is 2.69. The topological polar surface area (TPSA) is 71.1 Å². The number of benzene rings is 2. The number of amides is 2. The zero-order chi connectivity index (χ0) is 20.8. The highest BCUT2D eigenvalue weighted by atomic mass is 35.5. The molecule has 29 heavy (non-hydrogen) atoms. The van der Waals surface area contributed by atoms with Crippen LogP contribution in [0.5, 0.6) is 0 Å². The number of nitrogens with zero attached hydrogens (tertiary/aromatic N) is 1. The molecule has 0 aliphatic heterocycles. The molecule has 0 atom stereocenters. The number of aromatic nitrogens is 1. The summed E-state index contributed by atoms with van der Waals surface area (Å²) in [7, 11) is 0. The SMILES string of the molecule is Cc1ccc(C(=O)Nc2c(C)cccc2Cl)cc1NC(=O)C=Cc1cccnc1. The Hall–Kier alpha value is -3.44. The molecule has 146 valence electrons. The van der Waals surface area contributed by atoms with Crippen LogP contribution in [-0.2, 0) is 4.79 Å². The lowest BCUT2D eigenvalue weighted by Crippen LogP contribution is -2.15. The molecule has 2 amide bonds. The molecule has 2 aromatic carbocycles. The van der Waals surface area contributed by atoms with Gasteiger partial charge in [0.25, 0.3) is 5.91 Å². The van der Waals surface area contributed by atoms with Gasteiger partial charge in [0.2, 0.25) is 5.91 Å². The van der Waals surface area contributed by atoms with Crippen molar-refractivity contribution in [2.45, 2.75) is 13.8 Å². The summed E-state index contributed by atoms with van der Waals surface area (Å²) in [6.45, 7) is 3.73. The maximum absolute atomic E-state index is 12.7. The molecule has 0 aliphatic carbocycles. The van der Waals surface area contributed by atoms with Crippen molar-refractivity contribution < 1.29 is 9.59 Å². The van der Waals surface area contributed by atoms with Crippen LogP contribution < -0.4 is 10.6 Å². The van der Waals surface area contributed by atoms with Crippen molar-refractivity contribution in [3.8, 4) is 0 Å². The van der Waals surface area contributed by atoms with E-state index in [9.17, 15) is 9.59 Å². The molecular formula is C23H20ClN3O2.